The van der Waals surface area contributed by atoms with Crippen LogP contribution in [-0.2, 0) is 17.9 Å². The van der Waals surface area contributed by atoms with Gasteiger partial charge in [-0.05, 0) is 36.1 Å². The second kappa shape index (κ2) is 13.4. The summed E-state index contributed by atoms with van der Waals surface area (Å²) in [5.41, 5.74) is 8.18. The van der Waals surface area contributed by atoms with E-state index in [1.807, 2.05) is 20.8 Å². The maximum atomic E-state index is 12.1. The summed E-state index contributed by atoms with van der Waals surface area (Å²) < 4.78 is 0. The predicted molar refractivity (Wildman–Crippen MR) is 116 cm³/mol. The second-order valence-corrected chi connectivity index (χ2v) is 7.60. The van der Waals surface area contributed by atoms with Crippen LogP contribution in [0.1, 0.15) is 58.6 Å². The van der Waals surface area contributed by atoms with E-state index in [-0.39, 0.29) is 36.1 Å². The second-order valence-electron chi connectivity index (χ2n) is 7.60. The first-order valence-electron chi connectivity index (χ1n) is 9.11. The molecule has 0 aliphatic carbocycles. The predicted octanol–water partition coefficient (Wildman–Crippen LogP) is 4.14. The van der Waals surface area contributed by atoms with E-state index in [2.05, 4.69) is 48.3 Å². The van der Waals surface area contributed by atoms with Gasteiger partial charge in [-0.1, -0.05) is 65.3 Å². The highest BCUT2D eigenvalue weighted by Crippen LogP contribution is 2.17. The van der Waals surface area contributed by atoms with Gasteiger partial charge in [0.1, 0.15) is 0 Å². The van der Waals surface area contributed by atoms with Gasteiger partial charge in [0.05, 0.1) is 6.04 Å². The van der Waals surface area contributed by atoms with Crippen LogP contribution >= 0.6 is 24.8 Å². The van der Waals surface area contributed by atoms with Crippen molar-refractivity contribution in [1.29, 1.82) is 0 Å². The van der Waals surface area contributed by atoms with Crippen molar-refractivity contribution in [3.8, 4) is 0 Å². The lowest BCUT2D eigenvalue weighted by atomic mass is 9.87. The summed E-state index contributed by atoms with van der Waals surface area (Å²) in [6.07, 6.45) is 2.45. The SMILES string of the molecule is CCCCN(CC)Cc1cccc(CNC(=O)[C@@H](N)C(C)(C)C)c1.Cl.Cl. The lowest BCUT2D eigenvalue weighted by Crippen LogP contribution is -2.48. The Morgan fingerprint density at radius 3 is 2.35 bits per heavy atom. The Morgan fingerprint density at radius 1 is 1.19 bits per heavy atom. The van der Waals surface area contributed by atoms with Crippen molar-refractivity contribution in [3.63, 3.8) is 0 Å². The van der Waals surface area contributed by atoms with Crippen molar-refractivity contribution >= 4 is 30.7 Å². The number of carbonyl (C=O) groups is 1. The highest BCUT2D eigenvalue weighted by Gasteiger charge is 2.27. The molecule has 0 saturated carbocycles. The third-order valence-corrected chi connectivity index (χ3v) is 4.35. The molecule has 0 spiro atoms. The molecule has 1 amide bonds. The summed E-state index contributed by atoms with van der Waals surface area (Å²) in [4.78, 5) is 14.6. The Bertz CT molecular complexity index is 518. The van der Waals surface area contributed by atoms with E-state index in [4.69, 9.17) is 5.73 Å². The van der Waals surface area contributed by atoms with Crippen LogP contribution < -0.4 is 11.1 Å². The molecule has 0 fully saturated rings. The molecule has 0 aliphatic heterocycles. The highest BCUT2D eigenvalue weighted by molar-refractivity contribution is 5.85. The first kappa shape index (κ1) is 27.4. The number of amides is 1. The van der Waals surface area contributed by atoms with E-state index in [1.165, 1.54) is 18.4 Å². The molecule has 1 aromatic rings. The zero-order chi connectivity index (χ0) is 18.2. The van der Waals surface area contributed by atoms with Gasteiger partial charge in [0.15, 0.2) is 0 Å². The minimum absolute atomic E-state index is 0. The summed E-state index contributed by atoms with van der Waals surface area (Å²) in [7, 11) is 0. The van der Waals surface area contributed by atoms with Crippen LogP contribution in [-0.4, -0.2) is 29.9 Å². The number of nitrogens with one attached hydrogen (secondary N) is 1. The summed E-state index contributed by atoms with van der Waals surface area (Å²) >= 11 is 0. The molecular formula is C20H37Cl2N3O. The van der Waals surface area contributed by atoms with Crippen LogP contribution in [0.2, 0.25) is 0 Å². The minimum Gasteiger partial charge on any atom is -0.351 e. The summed E-state index contributed by atoms with van der Waals surface area (Å²) in [5.74, 6) is -0.0916. The molecule has 0 saturated heterocycles. The summed E-state index contributed by atoms with van der Waals surface area (Å²) in [6, 6.07) is 7.95. The number of unbranched alkanes of at least 4 members (excludes halogenated alkanes) is 1. The van der Waals surface area contributed by atoms with Crippen LogP contribution in [0.5, 0.6) is 0 Å². The third-order valence-electron chi connectivity index (χ3n) is 4.35. The van der Waals surface area contributed by atoms with Crippen molar-refractivity contribution in [2.24, 2.45) is 11.1 Å². The Hall–Kier alpha value is -0.810. The van der Waals surface area contributed by atoms with Gasteiger partial charge in [0.2, 0.25) is 5.91 Å². The van der Waals surface area contributed by atoms with Crippen molar-refractivity contribution < 1.29 is 4.79 Å². The molecule has 0 heterocycles. The first-order valence-corrected chi connectivity index (χ1v) is 9.11. The molecule has 0 aromatic heterocycles. The Balaban J connectivity index is 0. The van der Waals surface area contributed by atoms with Crippen LogP contribution in [0.4, 0.5) is 0 Å². The fourth-order valence-electron chi connectivity index (χ4n) is 2.52. The lowest BCUT2D eigenvalue weighted by molar-refractivity contribution is -0.124. The van der Waals surface area contributed by atoms with Gasteiger partial charge in [0, 0.05) is 13.1 Å². The van der Waals surface area contributed by atoms with E-state index in [1.54, 1.807) is 0 Å². The molecule has 4 nitrogen and oxygen atoms in total. The van der Waals surface area contributed by atoms with Gasteiger partial charge in [-0.3, -0.25) is 9.69 Å². The van der Waals surface area contributed by atoms with Crippen LogP contribution in [0.3, 0.4) is 0 Å². The molecule has 3 N–H and O–H groups in total. The molecule has 0 unspecified atom stereocenters. The maximum Gasteiger partial charge on any atom is 0.237 e. The smallest absolute Gasteiger partial charge is 0.237 e. The zero-order valence-corrected chi connectivity index (χ0v) is 18.5. The maximum absolute atomic E-state index is 12.1. The topological polar surface area (TPSA) is 58.4 Å². The van der Waals surface area contributed by atoms with Gasteiger partial charge < -0.3 is 11.1 Å². The van der Waals surface area contributed by atoms with Gasteiger partial charge in [-0.25, -0.2) is 0 Å². The molecule has 1 rings (SSSR count). The highest BCUT2D eigenvalue weighted by atomic mass is 35.5. The Morgan fingerprint density at radius 2 is 1.81 bits per heavy atom. The van der Waals surface area contributed by atoms with Crippen molar-refractivity contribution in [1.82, 2.24) is 10.2 Å². The van der Waals surface area contributed by atoms with Crippen LogP contribution in [0.25, 0.3) is 0 Å². The van der Waals surface area contributed by atoms with Gasteiger partial charge in [0.25, 0.3) is 0 Å². The lowest BCUT2D eigenvalue weighted by Gasteiger charge is -2.26. The number of nitrogens with zero attached hydrogens (tertiary/aromatic N) is 1. The molecule has 1 atom stereocenters. The molecule has 1 aromatic carbocycles. The zero-order valence-electron chi connectivity index (χ0n) is 16.9. The largest absolute Gasteiger partial charge is 0.351 e. The van der Waals surface area contributed by atoms with E-state index in [0.29, 0.717) is 6.54 Å². The molecule has 6 heteroatoms. The van der Waals surface area contributed by atoms with E-state index >= 15 is 0 Å². The number of benzene rings is 1. The van der Waals surface area contributed by atoms with Crippen LogP contribution in [0, 0.1) is 5.41 Å². The van der Waals surface area contributed by atoms with E-state index < -0.39 is 6.04 Å². The number of nitrogens with two attached hydrogens (primary N) is 1. The molecule has 26 heavy (non-hydrogen) atoms. The van der Waals surface area contributed by atoms with Crippen molar-refractivity contribution in [3.05, 3.63) is 35.4 Å². The van der Waals surface area contributed by atoms with Crippen LogP contribution in [0.15, 0.2) is 24.3 Å². The molecule has 0 aliphatic rings. The molecule has 0 bridgehead atoms. The van der Waals surface area contributed by atoms with Crippen molar-refractivity contribution in [2.45, 2.75) is 66.6 Å². The van der Waals surface area contributed by atoms with Crippen molar-refractivity contribution in [2.75, 3.05) is 13.1 Å². The standard InChI is InChI=1S/C20H35N3O.2ClH/c1-6-8-12-23(7-2)15-17-11-9-10-16(13-17)14-22-19(24)18(21)20(3,4)5;;/h9-11,13,18H,6-8,12,14-15,21H2,1-5H3,(H,22,24);2*1H/t18-;;/m1../s1. The monoisotopic (exact) mass is 405 g/mol. The number of hydrogen-bond acceptors (Lipinski definition) is 3. The number of carbonyl (C=O) groups excluding carboxylic acids is 1. The fourth-order valence-corrected chi connectivity index (χ4v) is 2.52. The third kappa shape index (κ3) is 9.77. The molecular weight excluding hydrogens is 369 g/mol. The summed E-state index contributed by atoms with van der Waals surface area (Å²) in [5, 5.41) is 2.96. The number of rotatable bonds is 9. The minimum atomic E-state index is -0.495. The number of halogens is 2. The number of hydrogen-bond donors (Lipinski definition) is 2. The quantitative estimate of drug-likeness (QED) is 0.648. The Labute approximate surface area is 172 Å². The average molecular weight is 406 g/mol. The van der Waals surface area contributed by atoms with E-state index in [9.17, 15) is 4.79 Å². The average Bonchev–Trinajstić information content (AvgIpc) is 2.55. The van der Waals surface area contributed by atoms with E-state index in [0.717, 1.165) is 25.2 Å². The first-order chi connectivity index (χ1) is 11.3. The normalized spacial score (nSPS) is 12.1. The molecule has 152 valence electrons. The van der Waals surface area contributed by atoms with Gasteiger partial charge in [-0.15, -0.1) is 24.8 Å². The fraction of sp³-hybridized carbons (Fsp3) is 0.650. The van der Waals surface area contributed by atoms with Gasteiger partial charge in [-0.2, -0.15) is 0 Å². The van der Waals surface area contributed by atoms with Gasteiger partial charge >= 0.3 is 0 Å². The Kier molecular flexibility index (Phi) is 14.1. The summed E-state index contributed by atoms with van der Waals surface area (Å²) in [6.45, 7) is 14.0. The molecule has 0 radical (unpaired) electrons.